The molecular formula is C41H49F3IrNO2SSi-. The summed E-state index contributed by atoms with van der Waals surface area (Å²) in [6.07, 6.45) is -1.12. The Labute approximate surface area is 313 Å². The predicted molar refractivity (Wildman–Crippen MR) is 205 cm³/mol. The SMILES string of the molecule is CC(C)(C)c1cc(-c2nccc3c2sc2c([Si](C)(C)C)cccc23)[c-]c2ccccc12.CCC(CC(F)(F)F)C(=O)/C=C(\O)C(CC)CC.[Ir]. The van der Waals surface area contributed by atoms with Crippen LogP contribution in [0.15, 0.2) is 72.6 Å². The third-order valence-corrected chi connectivity index (χ3v) is 12.6. The molecule has 1 atom stereocenters. The molecule has 1 unspecified atom stereocenters. The van der Waals surface area contributed by atoms with E-state index in [9.17, 15) is 23.1 Å². The monoisotopic (exact) mass is 897 g/mol. The van der Waals surface area contributed by atoms with Crippen molar-refractivity contribution in [3.05, 3.63) is 84.3 Å². The second-order valence-electron chi connectivity index (χ2n) is 14.9. The van der Waals surface area contributed by atoms with Crippen molar-refractivity contribution < 1.29 is 43.2 Å². The van der Waals surface area contributed by atoms with Crippen molar-refractivity contribution in [3.8, 4) is 11.3 Å². The maximum absolute atomic E-state index is 12.2. The van der Waals surface area contributed by atoms with E-state index in [1.54, 1.807) is 0 Å². The molecule has 3 aromatic carbocycles. The zero-order valence-corrected chi connectivity index (χ0v) is 34.7. The summed E-state index contributed by atoms with van der Waals surface area (Å²) in [7, 11) is -1.45. The van der Waals surface area contributed by atoms with Gasteiger partial charge in [0, 0.05) is 59.3 Å². The summed E-state index contributed by atoms with van der Waals surface area (Å²) >= 11 is 1.91. The fourth-order valence-electron chi connectivity index (χ4n) is 6.30. The maximum atomic E-state index is 12.2. The normalized spacial score (nSPS) is 13.3. The number of nitrogens with zero attached hydrogens (tertiary/aromatic N) is 1. The molecule has 0 saturated carbocycles. The quantitative estimate of drug-likeness (QED) is 0.0694. The molecule has 271 valence electrons. The molecular weight excluding hydrogens is 848 g/mol. The number of benzene rings is 3. The van der Waals surface area contributed by atoms with Crippen LogP contribution in [-0.4, -0.2) is 30.1 Å². The van der Waals surface area contributed by atoms with E-state index in [4.69, 9.17) is 4.98 Å². The van der Waals surface area contributed by atoms with Crippen molar-refractivity contribution in [2.75, 3.05) is 0 Å². The number of rotatable bonds is 9. The standard InChI is InChI=1S/C28H28NSSi.C13H21F3O2.Ir/c1-28(2,3)23-17-19(16-18-10-7-8-11-20(18)23)25-27-22(14-15-29-25)21-12-9-13-24(26(21)30-27)31(4,5)6;1-4-9(5-2)11(17)7-12(18)10(6-3)8-13(14,15)16;/h7-15,17H,1-6H3;7,9-10,17H,4-6,8H2,1-3H3;/q-1;;/b;11-7-;. The van der Waals surface area contributed by atoms with E-state index in [0.29, 0.717) is 12.8 Å². The number of halogens is 3. The van der Waals surface area contributed by atoms with Gasteiger partial charge in [0.05, 0.1) is 20.3 Å². The molecule has 0 amide bonds. The summed E-state index contributed by atoms with van der Waals surface area (Å²) < 4.78 is 39.4. The zero-order valence-electron chi connectivity index (χ0n) is 30.5. The Bertz CT molecular complexity index is 1970. The number of carbonyl (C=O) groups is 1. The van der Waals surface area contributed by atoms with E-state index in [0.717, 1.165) is 22.7 Å². The number of fused-ring (bicyclic) bond motifs is 4. The van der Waals surface area contributed by atoms with Crippen molar-refractivity contribution in [2.45, 2.75) is 98.5 Å². The van der Waals surface area contributed by atoms with E-state index in [-0.39, 0.29) is 43.6 Å². The third-order valence-electron chi connectivity index (χ3n) is 9.13. The van der Waals surface area contributed by atoms with Gasteiger partial charge in [0.2, 0.25) is 0 Å². The molecule has 0 fully saturated rings. The average molecular weight is 897 g/mol. The number of aliphatic hydroxyl groups excluding tert-OH is 1. The summed E-state index contributed by atoms with van der Waals surface area (Å²) in [5.74, 6) is -2.00. The molecule has 1 N–H and O–H groups in total. The third kappa shape index (κ3) is 9.72. The Morgan fingerprint density at radius 2 is 1.50 bits per heavy atom. The largest absolute Gasteiger partial charge is 0.512 e. The summed E-state index contributed by atoms with van der Waals surface area (Å²) in [4.78, 5) is 16.5. The molecule has 2 aromatic heterocycles. The first-order valence-electron chi connectivity index (χ1n) is 17.2. The number of hydrogen-bond donors (Lipinski definition) is 1. The van der Waals surface area contributed by atoms with Crippen LogP contribution in [0.1, 0.15) is 72.8 Å². The topological polar surface area (TPSA) is 50.2 Å². The Morgan fingerprint density at radius 1 is 0.900 bits per heavy atom. The Balaban J connectivity index is 0.000000309. The number of carbonyl (C=O) groups excluding carboxylic acids is 1. The van der Waals surface area contributed by atoms with E-state index < -0.39 is 32.4 Å². The van der Waals surface area contributed by atoms with Crippen LogP contribution in [0.4, 0.5) is 13.2 Å². The van der Waals surface area contributed by atoms with E-state index in [1.807, 2.05) is 31.4 Å². The molecule has 9 heteroatoms. The molecule has 0 aliphatic heterocycles. The smallest absolute Gasteiger partial charge is 0.389 e. The molecule has 0 saturated heterocycles. The molecule has 2 heterocycles. The van der Waals surface area contributed by atoms with Crippen LogP contribution in [-0.2, 0) is 30.3 Å². The first-order valence-corrected chi connectivity index (χ1v) is 21.5. The van der Waals surface area contributed by atoms with E-state index in [1.165, 1.54) is 43.2 Å². The molecule has 50 heavy (non-hydrogen) atoms. The van der Waals surface area contributed by atoms with Crippen LogP contribution in [0.2, 0.25) is 19.6 Å². The number of ketones is 1. The van der Waals surface area contributed by atoms with Gasteiger partial charge in [-0.1, -0.05) is 109 Å². The van der Waals surface area contributed by atoms with Gasteiger partial charge in [0.15, 0.2) is 5.78 Å². The molecule has 0 spiro atoms. The predicted octanol–water partition coefficient (Wildman–Crippen LogP) is 12.3. The van der Waals surface area contributed by atoms with E-state index in [2.05, 4.69) is 101 Å². The van der Waals surface area contributed by atoms with E-state index >= 15 is 0 Å². The number of thiophene rings is 1. The number of hydrogen-bond acceptors (Lipinski definition) is 4. The van der Waals surface area contributed by atoms with Crippen molar-refractivity contribution in [3.63, 3.8) is 0 Å². The van der Waals surface area contributed by atoms with Gasteiger partial charge in [-0.3, -0.25) is 9.78 Å². The van der Waals surface area contributed by atoms with Crippen molar-refractivity contribution >= 4 is 61.3 Å². The Kier molecular flexibility index (Phi) is 13.9. The number of alkyl halides is 3. The summed E-state index contributed by atoms with van der Waals surface area (Å²) in [5, 5.41) is 16.3. The maximum Gasteiger partial charge on any atom is 0.389 e. The first kappa shape index (κ1) is 41.6. The summed E-state index contributed by atoms with van der Waals surface area (Å²) in [6, 6.07) is 23.6. The van der Waals surface area contributed by atoms with Gasteiger partial charge in [-0.15, -0.1) is 40.5 Å². The minimum absolute atomic E-state index is 0. The van der Waals surface area contributed by atoms with Gasteiger partial charge in [0.25, 0.3) is 0 Å². The molecule has 3 nitrogen and oxygen atoms in total. The van der Waals surface area contributed by atoms with Crippen LogP contribution in [0.25, 0.3) is 42.2 Å². The summed E-state index contributed by atoms with van der Waals surface area (Å²) in [6.45, 7) is 19.4. The van der Waals surface area contributed by atoms with Gasteiger partial charge in [0.1, 0.15) is 0 Å². The molecule has 5 aromatic rings. The first-order chi connectivity index (χ1) is 22.9. The molecule has 5 rings (SSSR count). The average Bonchev–Trinajstić information content (AvgIpc) is 3.41. The van der Waals surface area contributed by atoms with Gasteiger partial charge in [-0.05, 0) is 46.7 Å². The minimum atomic E-state index is -4.35. The second kappa shape index (κ2) is 16.7. The number of allylic oxidation sites excluding steroid dienone is 2. The zero-order chi connectivity index (χ0) is 36.3. The van der Waals surface area contributed by atoms with Crippen molar-refractivity contribution in [1.29, 1.82) is 0 Å². The van der Waals surface area contributed by atoms with Gasteiger partial charge in [-0.25, -0.2) is 0 Å². The number of aliphatic hydroxyl groups is 1. The number of aromatic nitrogens is 1. The van der Waals surface area contributed by atoms with Crippen molar-refractivity contribution in [1.82, 2.24) is 4.98 Å². The van der Waals surface area contributed by atoms with Crippen LogP contribution in [0.5, 0.6) is 0 Å². The van der Waals surface area contributed by atoms with Crippen LogP contribution < -0.4 is 5.19 Å². The second-order valence-corrected chi connectivity index (χ2v) is 20.9. The molecule has 0 aliphatic carbocycles. The fourth-order valence-corrected chi connectivity index (χ4v) is 10.0. The van der Waals surface area contributed by atoms with Gasteiger partial charge >= 0.3 is 6.18 Å². The van der Waals surface area contributed by atoms with Crippen molar-refractivity contribution in [2.24, 2.45) is 11.8 Å². The molecule has 0 aliphatic rings. The van der Waals surface area contributed by atoms with Gasteiger partial charge in [-0.2, -0.15) is 13.2 Å². The Hall–Kier alpha value is -2.84. The van der Waals surface area contributed by atoms with Crippen LogP contribution >= 0.6 is 11.3 Å². The van der Waals surface area contributed by atoms with Gasteiger partial charge < -0.3 is 5.11 Å². The Morgan fingerprint density at radius 3 is 2.08 bits per heavy atom. The summed E-state index contributed by atoms with van der Waals surface area (Å²) in [5.41, 5.74) is 3.54. The molecule has 1 radical (unpaired) electrons. The molecule has 0 bridgehead atoms. The number of pyridine rings is 1. The fraction of sp³-hybridized carbons (Fsp3) is 0.415. The van der Waals surface area contributed by atoms with Crippen LogP contribution in [0, 0.1) is 17.9 Å². The van der Waals surface area contributed by atoms with Crippen LogP contribution in [0.3, 0.4) is 0 Å². The minimum Gasteiger partial charge on any atom is -0.512 e.